The minimum absolute atomic E-state index is 0.0157. The van der Waals surface area contributed by atoms with E-state index >= 15 is 0 Å². The first-order valence-electron chi connectivity index (χ1n) is 10.6. The number of nitrogens with one attached hydrogen (secondary N) is 1. The van der Waals surface area contributed by atoms with E-state index in [-0.39, 0.29) is 24.6 Å². The highest BCUT2D eigenvalue weighted by Crippen LogP contribution is 2.20. The van der Waals surface area contributed by atoms with Gasteiger partial charge in [-0.15, -0.1) is 0 Å². The molecule has 2 rings (SSSR count). The maximum Gasteiger partial charge on any atom is 0.244 e. The van der Waals surface area contributed by atoms with Crippen molar-refractivity contribution in [3.8, 4) is 0 Å². The molecule has 0 bridgehead atoms. The van der Waals surface area contributed by atoms with Crippen LogP contribution in [0, 0.1) is 11.6 Å². The van der Waals surface area contributed by atoms with Crippen LogP contribution in [-0.4, -0.2) is 50.5 Å². The average molecular weight is 482 g/mol. The van der Waals surface area contributed by atoms with E-state index in [9.17, 15) is 26.8 Å². The number of hydrogen-bond acceptors (Lipinski definition) is 4. The third-order valence-electron chi connectivity index (χ3n) is 5.00. The lowest BCUT2D eigenvalue weighted by atomic mass is 10.1. The molecule has 10 heteroatoms. The Hall–Kier alpha value is -3.01. The van der Waals surface area contributed by atoms with Crippen molar-refractivity contribution in [1.82, 2.24) is 10.2 Å². The molecule has 0 saturated carbocycles. The standard InChI is InChI=1S/C23H29F2N3O4S/c1-4-14-26-23(30)21(5-2)27(15-17-6-8-18(24)9-7-17)22(29)16-28(33(3,31)32)20-12-10-19(25)11-13-20/h6-13,21H,4-5,14-16H2,1-3H3,(H,26,30)/t21-/m0/s1. The predicted octanol–water partition coefficient (Wildman–Crippen LogP) is 3.06. The van der Waals surface area contributed by atoms with Gasteiger partial charge in [0, 0.05) is 13.1 Å². The second-order valence-electron chi connectivity index (χ2n) is 7.61. The van der Waals surface area contributed by atoms with E-state index in [1.807, 2.05) is 6.92 Å². The number of carbonyl (C=O) groups excluding carboxylic acids is 2. The van der Waals surface area contributed by atoms with Gasteiger partial charge in [-0.05, 0) is 54.8 Å². The van der Waals surface area contributed by atoms with Gasteiger partial charge >= 0.3 is 0 Å². The van der Waals surface area contributed by atoms with Crippen molar-refractivity contribution in [2.45, 2.75) is 39.3 Å². The van der Waals surface area contributed by atoms with Crippen molar-refractivity contribution in [2.75, 3.05) is 23.7 Å². The lowest BCUT2D eigenvalue weighted by Gasteiger charge is -2.32. The van der Waals surface area contributed by atoms with E-state index in [0.717, 1.165) is 22.7 Å². The Morgan fingerprint density at radius 3 is 2.00 bits per heavy atom. The first-order valence-corrected chi connectivity index (χ1v) is 12.5. The normalized spacial score (nSPS) is 12.2. The lowest BCUT2D eigenvalue weighted by Crippen LogP contribution is -2.52. The molecule has 1 atom stereocenters. The Balaban J connectivity index is 2.39. The van der Waals surface area contributed by atoms with Crippen LogP contribution < -0.4 is 9.62 Å². The highest BCUT2D eigenvalue weighted by atomic mass is 32.2. The molecule has 0 spiro atoms. The molecule has 1 N–H and O–H groups in total. The van der Waals surface area contributed by atoms with Crippen LogP contribution >= 0.6 is 0 Å². The molecule has 180 valence electrons. The number of hydrogen-bond donors (Lipinski definition) is 1. The van der Waals surface area contributed by atoms with E-state index in [1.165, 1.54) is 41.3 Å². The molecule has 7 nitrogen and oxygen atoms in total. The lowest BCUT2D eigenvalue weighted by molar-refractivity contribution is -0.140. The summed E-state index contributed by atoms with van der Waals surface area (Å²) in [6.45, 7) is 3.48. The number of benzene rings is 2. The Morgan fingerprint density at radius 1 is 0.970 bits per heavy atom. The average Bonchev–Trinajstić information content (AvgIpc) is 2.77. The van der Waals surface area contributed by atoms with E-state index in [1.54, 1.807) is 6.92 Å². The third-order valence-corrected chi connectivity index (χ3v) is 6.14. The zero-order chi connectivity index (χ0) is 24.6. The van der Waals surface area contributed by atoms with E-state index in [0.29, 0.717) is 18.5 Å². The largest absolute Gasteiger partial charge is 0.354 e. The molecule has 0 fully saturated rings. The molecule has 2 aromatic rings. The summed E-state index contributed by atoms with van der Waals surface area (Å²) in [7, 11) is -3.89. The summed E-state index contributed by atoms with van der Waals surface area (Å²) in [6.07, 6.45) is 1.94. The summed E-state index contributed by atoms with van der Waals surface area (Å²) in [5, 5.41) is 2.77. The quantitative estimate of drug-likeness (QED) is 0.535. The minimum Gasteiger partial charge on any atom is -0.354 e. The van der Waals surface area contributed by atoms with Gasteiger partial charge in [-0.1, -0.05) is 26.0 Å². The maximum absolute atomic E-state index is 13.4. The van der Waals surface area contributed by atoms with Gasteiger partial charge in [0.1, 0.15) is 24.2 Å². The van der Waals surface area contributed by atoms with Gasteiger partial charge < -0.3 is 10.2 Å². The highest BCUT2D eigenvalue weighted by molar-refractivity contribution is 7.92. The summed E-state index contributed by atoms with van der Waals surface area (Å²) in [6, 6.07) is 9.36. The molecular weight excluding hydrogens is 452 g/mol. The number of amides is 2. The predicted molar refractivity (Wildman–Crippen MR) is 123 cm³/mol. The van der Waals surface area contributed by atoms with Crippen LogP contribution in [0.1, 0.15) is 32.3 Å². The summed E-state index contributed by atoms with van der Waals surface area (Å²) in [5.74, 6) is -1.96. The molecule has 0 heterocycles. The van der Waals surface area contributed by atoms with Gasteiger partial charge in [0.25, 0.3) is 0 Å². The molecule has 0 unspecified atom stereocenters. The van der Waals surface area contributed by atoms with Crippen molar-refractivity contribution in [3.05, 3.63) is 65.7 Å². The maximum atomic E-state index is 13.4. The van der Waals surface area contributed by atoms with Crippen molar-refractivity contribution in [2.24, 2.45) is 0 Å². The van der Waals surface area contributed by atoms with E-state index < -0.39 is 40.2 Å². The number of sulfonamides is 1. The van der Waals surface area contributed by atoms with Crippen molar-refractivity contribution < 1.29 is 26.8 Å². The van der Waals surface area contributed by atoms with Crippen LogP contribution in [0.25, 0.3) is 0 Å². The number of anilines is 1. The highest BCUT2D eigenvalue weighted by Gasteiger charge is 2.31. The van der Waals surface area contributed by atoms with E-state index in [2.05, 4.69) is 5.32 Å². The molecule has 0 aromatic heterocycles. The number of nitrogens with zero attached hydrogens (tertiary/aromatic N) is 2. The van der Waals surface area contributed by atoms with Crippen LogP contribution in [0.4, 0.5) is 14.5 Å². The van der Waals surface area contributed by atoms with Gasteiger partial charge in [-0.2, -0.15) is 0 Å². The molecule has 0 radical (unpaired) electrons. The monoisotopic (exact) mass is 481 g/mol. The summed E-state index contributed by atoms with van der Waals surface area (Å²) >= 11 is 0. The molecule has 33 heavy (non-hydrogen) atoms. The van der Waals surface area contributed by atoms with Crippen LogP contribution in [-0.2, 0) is 26.2 Å². The second-order valence-corrected chi connectivity index (χ2v) is 9.52. The molecule has 0 aliphatic heterocycles. The van der Waals surface area contributed by atoms with Gasteiger partial charge in [0.05, 0.1) is 11.9 Å². The summed E-state index contributed by atoms with van der Waals surface area (Å²) in [4.78, 5) is 27.4. The third kappa shape index (κ3) is 7.52. The zero-order valence-corrected chi connectivity index (χ0v) is 19.7. The summed E-state index contributed by atoms with van der Waals surface area (Å²) in [5.41, 5.74) is 0.705. The van der Waals surface area contributed by atoms with Crippen LogP contribution in [0.5, 0.6) is 0 Å². The Morgan fingerprint density at radius 2 is 1.52 bits per heavy atom. The van der Waals surface area contributed by atoms with Crippen LogP contribution in [0.3, 0.4) is 0 Å². The second kappa shape index (κ2) is 11.7. The molecule has 2 amide bonds. The summed E-state index contributed by atoms with van der Waals surface area (Å²) < 4.78 is 52.4. The number of halogens is 2. The number of carbonyl (C=O) groups is 2. The fraction of sp³-hybridized carbons (Fsp3) is 0.391. The minimum atomic E-state index is -3.89. The fourth-order valence-corrected chi connectivity index (χ4v) is 4.14. The Labute approximate surface area is 193 Å². The van der Waals surface area contributed by atoms with Crippen molar-refractivity contribution >= 4 is 27.5 Å². The van der Waals surface area contributed by atoms with Crippen molar-refractivity contribution in [1.29, 1.82) is 0 Å². The topological polar surface area (TPSA) is 86.8 Å². The van der Waals surface area contributed by atoms with Crippen molar-refractivity contribution in [3.63, 3.8) is 0 Å². The van der Waals surface area contributed by atoms with E-state index in [4.69, 9.17) is 0 Å². The first-order chi connectivity index (χ1) is 15.6. The number of rotatable bonds is 11. The first kappa shape index (κ1) is 26.2. The SMILES string of the molecule is CCCNC(=O)[C@H](CC)N(Cc1ccc(F)cc1)C(=O)CN(c1ccc(F)cc1)S(C)(=O)=O. The van der Waals surface area contributed by atoms with Gasteiger partial charge in [0.15, 0.2) is 0 Å². The van der Waals surface area contributed by atoms with Gasteiger partial charge in [-0.25, -0.2) is 17.2 Å². The zero-order valence-electron chi connectivity index (χ0n) is 18.9. The van der Waals surface area contributed by atoms with Gasteiger partial charge in [-0.3, -0.25) is 13.9 Å². The molecule has 2 aromatic carbocycles. The Kier molecular flexibility index (Phi) is 9.33. The molecular formula is C23H29F2N3O4S. The Bertz CT molecular complexity index is 1040. The molecule has 0 aliphatic rings. The fourth-order valence-electron chi connectivity index (χ4n) is 3.29. The molecule has 0 aliphatic carbocycles. The van der Waals surface area contributed by atoms with Crippen LogP contribution in [0.2, 0.25) is 0 Å². The molecule has 0 saturated heterocycles. The van der Waals surface area contributed by atoms with Gasteiger partial charge in [0.2, 0.25) is 21.8 Å². The smallest absolute Gasteiger partial charge is 0.244 e. The van der Waals surface area contributed by atoms with Crippen LogP contribution in [0.15, 0.2) is 48.5 Å².